The number of nitrogens with zero attached hydrogens (tertiary/aromatic N) is 2. The minimum absolute atomic E-state index is 0.275. The number of aromatic nitrogens is 2. The molecule has 0 saturated carbocycles. The second-order valence-electron chi connectivity index (χ2n) is 5.18. The molecule has 0 bridgehead atoms. The molecule has 0 aliphatic heterocycles. The highest BCUT2D eigenvalue weighted by atomic mass is 15.3. The predicted octanol–water partition coefficient (Wildman–Crippen LogP) is 2.22. The van der Waals surface area contributed by atoms with Crippen molar-refractivity contribution >= 4 is 0 Å². The van der Waals surface area contributed by atoms with Crippen molar-refractivity contribution in [3.05, 3.63) is 53.3 Å². The molecule has 0 amide bonds. The van der Waals surface area contributed by atoms with Crippen LogP contribution in [0.15, 0.2) is 36.4 Å². The zero-order valence-corrected chi connectivity index (χ0v) is 12.3. The Labute approximate surface area is 121 Å². The molecule has 1 unspecified atom stereocenters. The fourth-order valence-electron chi connectivity index (χ4n) is 2.52. The molecular weight excluding hydrogens is 248 g/mol. The Morgan fingerprint density at radius 1 is 1.30 bits per heavy atom. The SMILES string of the molecule is CCn1nc(C)cc1CC(CCc1ccccc1)NN. The Balaban J connectivity index is 1.95. The molecule has 1 aromatic heterocycles. The maximum Gasteiger partial charge on any atom is 0.0596 e. The monoisotopic (exact) mass is 272 g/mol. The summed E-state index contributed by atoms with van der Waals surface area (Å²) in [6.45, 7) is 5.05. The van der Waals surface area contributed by atoms with Crippen LogP contribution in [-0.4, -0.2) is 15.8 Å². The summed E-state index contributed by atoms with van der Waals surface area (Å²) in [5.41, 5.74) is 6.62. The average molecular weight is 272 g/mol. The third kappa shape index (κ3) is 3.92. The van der Waals surface area contributed by atoms with Crippen LogP contribution < -0.4 is 11.3 Å². The lowest BCUT2D eigenvalue weighted by molar-refractivity contribution is 0.471. The lowest BCUT2D eigenvalue weighted by Gasteiger charge is -2.16. The first-order valence-corrected chi connectivity index (χ1v) is 7.26. The van der Waals surface area contributed by atoms with Crippen molar-refractivity contribution in [2.75, 3.05) is 0 Å². The number of hydrazine groups is 1. The first kappa shape index (κ1) is 14.8. The Bertz CT molecular complexity index is 519. The number of benzene rings is 1. The molecule has 1 aromatic carbocycles. The molecule has 0 saturated heterocycles. The zero-order chi connectivity index (χ0) is 14.4. The van der Waals surface area contributed by atoms with Crippen LogP contribution >= 0.6 is 0 Å². The first-order chi connectivity index (χ1) is 9.72. The third-order valence-electron chi connectivity index (χ3n) is 3.60. The Morgan fingerprint density at radius 2 is 2.05 bits per heavy atom. The van der Waals surface area contributed by atoms with Gasteiger partial charge in [0.15, 0.2) is 0 Å². The van der Waals surface area contributed by atoms with Gasteiger partial charge in [-0.2, -0.15) is 5.10 Å². The molecule has 4 heteroatoms. The third-order valence-corrected chi connectivity index (χ3v) is 3.60. The number of rotatable bonds is 7. The summed E-state index contributed by atoms with van der Waals surface area (Å²) in [5, 5.41) is 4.48. The largest absolute Gasteiger partial charge is 0.271 e. The Morgan fingerprint density at radius 3 is 2.70 bits per heavy atom. The van der Waals surface area contributed by atoms with Gasteiger partial charge in [-0.3, -0.25) is 16.0 Å². The highest BCUT2D eigenvalue weighted by Crippen LogP contribution is 2.11. The number of nitrogens with two attached hydrogens (primary N) is 1. The fourth-order valence-corrected chi connectivity index (χ4v) is 2.52. The van der Waals surface area contributed by atoms with Crippen LogP contribution in [0.4, 0.5) is 0 Å². The normalized spacial score (nSPS) is 12.6. The number of nitrogens with one attached hydrogen (secondary N) is 1. The van der Waals surface area contributed by atoms with E-state index in [0.29, 0.717) is 0 Å². The standard InChI is InChI=1S/C16H24N4/c1-3-20-16(11-13(2)19-20)12-15(18-17)10-9-14-7-5-4-6-8-14/h4-8,11,15,18H,3,9-10,12,17H2,1-2H3. The van der Waals surface area contributed by atoms with E-state index in [4.69, 9.17) is 5.84 Å². The minimum Gasteiger partial charge on any atom is -0.271 e. The summed E-state index contributed by atoms with van der Waals surface area (Å²) >= 11 is 0. The topological polar surface area (TPSA) is 55.9 Å². The summed E-state index contributed by atoms with van der Waals surface area (Å²) < 4.78 is 2.06. The molecule has 0 aliphatic carbocycles. The number of aryl methyl sites for hydroxylation is 3. The molecule has 108 valence electrons. The van der Waals surface area contributed by atoms with Crippen LogP contribution in [0.3, 0.4) is 0 Å². The second-order valence-corrected chi connectivity index (χ2v) is 5.18. The molecule has 3 N–H and O–H groups in total. The van der Waals surface area contributed by atoms with Crippen molar-refractivity contribution in [2.24, 2.45) is 5.84 Å². The molecule has 1 atom stereocenters. The summed E-state index contributed by atoms with van der Waals surface area (Å²) in [7, 11) is 0. The molecular formula is C16H24N4. The van der Waals surface area contributed by atoms with Crippen molar-refractivity contribution in [1.82, 2.24) is 15.2 Å². The van der Waals surface area contributed by atoms with E-state index >= 15 is 0 Å². The van der Waals surface area contributed by atoms with Gasteiger partial charge in [-0.1, -0.05) is 30.3 Å². The maximum absolute atomic E-state index is 5.70. The van der Waals surface area contributed by atoms with Crippen LogP contribution in [0, 0.1) is 6.92 Å². The fraction of sp³-hybridized carbons (Fsp3) is 0.438. The van der Waals surface area contributed by atoms with E-state index in [2.05, 4.69) is 52.5 Å². The quantitative estimate of drug-likeness (QED) is 0.600. The van der Waals surface area contributed by atoms with E-state index in [1.165, 1.54) is 11.3 Å². The average Bonchev–Trinajstić information content (AvgIpc) is 2.84. The number of hydrogen-bond donors (Lipinski definition) is 2. The van der Waals surface area contributed by atoms with Gasteiger partial charge < -0.3 is 0 Å². The molecule has 0 spiro atoms. The van der Waals surface area contributed by atoms with Crippen molar-refractivity contribution in [3.63, 3.8) is 0 Å². The molecule has 0 radical (unpaired) electrons. The summed E-state index contributed by atoms with van der Waals surface area (Å²) in [6.07, 6.45) is 2.97. The van der Waals surface area contributed by atoms with Gasteiger partial charge in [-0.15, -0.1) is 0 Å². The highest BCUT2D eigenvalue weighted by Gasteiger charge is 2.12. The minimum atomic E-state index is 0.275. The van der Waals surface area contributed by atoms with Crippen molar-refractivity contribution in [1.29, 1.82) is 0 Å². The van der Waals surface area contributed by atoms with E-state index in [9.17, 15) is 0 Å². The van der Waals surface area contributed by atoms with E-state index in [1.54, 1.807) is 0 Å². The smallest absolute Gasteiger partial charge is 0.0596 e. The summed E-state index contributed by atoms with van der Waals surface area (Å²) in [6, 6.07) is 12.9. The lowest BCUT2D eigenvalue weighted by Crippen LogP contribution is -2.37. The van der Waals surface area contributed by atoms with Gasteiger partial charge in [0.05, 0.1) is 5.69 Å². The van der Waals surface area contributed by atoms with Crippen molar-refractivity contribution < 1.29 is 0 Å². The molecule has 0 aliphatic rings. The Kier molecular flexibility index (Phi) is 5.32. The highest BCUT2D eigenvalue weighted by molar-refractivity contribution is 5.15. The zero-order valence-electron chi connectivity index (χ0n) is 12.3. The molecule has 20 heavy (non-hydrogen) atoms. The van der Waals surface area contributed by atoms with Gasteiger partial charge in [0.25, 0.3) is 0 Å². The van der Waals surface area contributed by atoms with Crippen LogP contribution in [0.25, 0.3) is 0 Å². The lowest BCUT2D eigenvalue weighted by atomic mass is 10.0. The van der Waals surface area contributed by atoms with Crippen molar-refractivity contribution in [2.45, 2.75) is 45.7 Å². The van der Waals surface area contributed by atoms with E-state index < -0.39 is 0 Å². The van der Waals surface area contributed by atoms with Gasteiger partial charge in [-0.05, 0) is 38.3 Å². The van der Waals surface area contributed by atoms with Gasteiger partial charge in [0, 0.05) is 24.7 Å². The molecule has 2 aromatic rings. The summed E-state index contributed by atoms with van der Waals surface area (Å²) in [5.74, 6) is 5.70. The van der Waals surface area contributed by atoms with Gasteiger partial charge in [0.1, 0.15) is 0 Å². The van der Waals surface area contributed by atoms with Crippen LogP contribution in [0.1, 0.15) is 30.3 Å². The molecule has 0 fully saturated rings. The van der Waals surface area contributed by atoms with Crippen molar-refractivity contribution in [3.8, 4) is 0 Å². The van der Waals surface area contributed by atoms with Gasteiger partial charge in [0.2, 0.25) is 0 Å². The molecule has 1 heterocycles. The molecule has 4 nitrogen and oxygen atoms in total. The van der Waals surface area contributed by atoms with Gasteiger partial charge in [-0.25, -0.2) is 0 Å². The van der Waals surface area contributed by atoms with E-state index in [1.807, 2.05) is 13.0 Å². The van der Waals surface area contributed by atoms with Crippen LogP contribution in [-0.2, 0) is 19.4 Å². The van der Waals surface area contributed by atoms with Crippen LogP contribution in [0.5, 0.6) is 0 Å². The first-order valence-electron chi connectivity index (χ1n) is 7.26. The predicted molar refractivity (Wildman–Crippen MR) is 82.2 cm³/mol. The number of hydrogen-bond acceptors (Lipinski definition) is 3. The Hall–Kier alpha value is -1.65. The van der Waals surface area contributed by atoms with E-state index in [0.717, 1.165) is 31.5 Å². The van der Waals surface area contributed by atoms with E-state index in [-0.39, 0.29) is 6.04 Å². The maximum atomic E-state index is 5.70. The second kappa shape index (κ2) is 7.22. The summed E-state index contributed by atoms with van der Waals surface area (Å²) in [4.78, 5) is 0. The molecule has 2 rings (SSSR count). The van der Waals surface area contributed by atoms with Gasteiger partial charge >= 0.3 is 0 Å². The van der Waals surface area contributed by atoms with Crippen LogP contribution in [0.2, 0.25) is 0 Å².